The van der Waals surface area contributed by atoms with E-state index in [-0.39, 0.29) is 6.04 Å². The smallest absolute Gasteiger partial charge is 0.0661 e. The van der Waals surface area contributed by atoms with Crippen LogP contribution in [0.4, 0.5) is 0 Å². The highest BCUT2D eigenvalue weighted by Gasteiger charge is 2.08. The second-order valence-electron chi connectivity index (χ2n) is 3.32. The molecule has 14 heavy (non-hydrogen) atoms. The minimum Gasteiger partial charge on any atom is -0.323 e. The minimum atomic E-state index is -0.0985. The first-order valence-electron chi connectivity index (χ1n) is 4.49. The zero-order valence-corrected chi connectivity index (χ0v) is 8.62. The van der Waals surface area contributed by atoms with Gasteiger partial charge < -0.3 is 5.73 Å². The maximum atomic E-state index is 6.11. The third-order valence-corrected chi connectivity index (χ3v) is 2.52. The van der Waals surface area contributed by atoms with Gasteiger partial charge in [0.1, 0.15) is 0 Å². The summed E-state index contributed by atoms with van der Waals surface area (Å²) in [5.74, 6) is 0. The molecule has 0 fully saturated rings. The second kappa shape index (κ2) is 3.56. The summed E-state index contributed by atoms with van der Waals surface area (Å²) in [5, 5.41) is 2.76. The van der Waals surface area contributed by atoms with Crippen LogP contribution in [-0.2, 0) is 0 Å². The van der Waals surface area contributed by atoms with Gasteiger partial charge in [0, 0.05) is 17.6 Å². The van der Waals surface area contributed by atoms with E-state index in [0.717, 1.165) is 16.5 Å². The highest BCUT2D eigenvalue weighted by Crippen LogP contribution is 2.27. The average molecular weight is 207 g/mol. The van der Waals surface area contributed by atoms with Crippen LogP contribution < -0.4 is 5.73 Å². The van der Waals surface area contributed by atoms with Gasteiger partial charge in [0.15, 0.2) is 0 Å². The molecule has 1 aromatic carbocycles. The van der Waals surface area contributed by atoms with Gasteiger partial charge in [-0.1, -0.05) is 23.7 Å². The van der Waals surface area contributed by atoms with E-state index in [2.05, 4.69) is 4.98 Å². The van der Waals surface area contributed by atoms with E-state index in [1.165, 1.54) is 0 Å². The van der Waals surface area contributed by atoms with Crippen molar-refractivity contribution in [2.45, 2.75) is 13.0 Å². The molecular formula is C11H11ClN2. The topological polar surface area (TPSA) is 38.9 Å². The molecule has 0 saturated carbocycles. The second-order valence-corrected chi connectivity index (χ2v) is 3.73. The molecule has 1 aromatic heterocycles. The maximum Gasteiger partial charge on any atom is 0.0661 e. The van der Waals surface area contributed by atoms with Gasteiger partial charge in [-0.2, -0.15) is 0 Å². The molecule has 0 radical (unpaired) electrons. The van der Waals surface area contributed by atoms with Crippen LogP contribution >= 0.6 is 11.6 Å². The van der Waals surface area contributed by atoms with Gasteiger partial charge in [-0.15, -0.1) is 0 Å². The molecule has 3 heteroatoms. The van der Waals surface area contributed by atoms with Crippen molar-refractivity contribution in [3.63, 3.8) is 0 Å². The van der Waals surface area contributed by atoms with E-state index < -0.39 is 0 Å². The SMILES string of the molecule is CC(N)c1nccc2cccc(Cl)c12. The highest BCUT2D eigenvalue weighted by atomic mass is 35.5. The first-order valence-corrected chi connectivity index (χ1v) is 4.86. The summed E-state index contributed by atoms with van der Waals surface area (Å²) in [6, 6.07) is 7.63. The summed E-state index contributed by atoms with van der Waals surface area (Å²) in [6.07, 6.45) is 1.76. The van der Waals surface area contributed by atoms with Gasteiger partial charge >= 0.3 is 0 Å². The van der Waals surface area contributed by atoms with E-state index >= 15 is 0 Å². The summed E-state index contributed by atoms with van der Waals surface area (Å²) in [6.45, 7) is 1.91. The lowest BCUT2D eigenvalue weighted by atomic mass is 10.1. The van der Waals surface area contributed by atoms with Crippen molar-refractivity contribution in [3.8, 4) is 0 Å². The Bertz CT molecular complexity index is 461. The largest absolute Gasteiger partial charge is 0.323 e. The summed E-state index contributed by atoms with van der Waals surface area (Å²) in [4.78, 5) is 4.26. The van der Waals surface area contributed by atoms with Gasteiger partial charge in [0.25, 0.3) is 0 Å². The Hall–Kier alpha value is -1.12. The molecule has 0 aliphatic heterocycles. The van der Waals surface area contributed by atoms with Crippen molar-refractivity contribution >= 4 is 22.4 Å². The zero-order chi connectivity index (χ0) is 10.1. The number of halogens is 1. The molecule has 0 aliphatic carbocycles. The number of hydrogen-bond acceptors (Lipinski definition) is 2. The van der Waals surface area contributed by atoms with Crippen LogP contribution in [0.15, 0.2) is 30.5 Å². The van der Waals surface area contributed by atoms with E-state index in [9.17, 15) is 0 Å². The monoisotopic (exact) mass is 206 g/mol. The predicted octanol–water partition coefficient (Wildman–Crippen LogP) is 2.91. The van der Waals surface area contributed by atoms with Gasteiger partial charge in [-0.05, 0) is 24.4 Å². The predicted molar refractivity (Wildman–Crippen MR) is 59.4 cm³/mol. The third-order valence-electron chi connectivity index (χ3n) is 2.20. The van der Waals surface area contributed by atoms with Crippen LogP contribution in [0.1, 0.15) is 18.7 Å². The summed E-state index contributed by atoms with van der Waals surface area (Å²) in [7, 11) is 0. The number of nitrogens with zero attached hydrogens (tertiary/aromatic N) is 1. The number of nitrogens with two attached hydrogens (primary N) is 1. The molecule has 0 bridgehead atoms. The Morgan fingerprint density at radius 2 is 2.14 bits per heavy atom. The fourth-order valence-electron chi connectivity index (χ4n) is 1.56. The molecule has 1 unspecified atom stereocenters. The average Bonchev–Trinajstić information content (AvgIpc) is 2.17. The van der Waals surface area contributed by atoms with Gasteiger partial charge in [-0.25, -0.2) is 0 Å². The molecule has 72 valence electrons. The van der Waals surface area contributed by atoms with Crippen molar-refractivity contribution in [1.29, 1.82) is 0 Å². The minimum absolute atomic E-state index is 0.0985. The fourth-order valence-corrected chi connectivity index (χ4v) is 1.84. The quantitative estimate of drug-likeness (QED) is 0.779. The molecule has 1 heterocycles. The maximum absolute atomic E-state index is 6.11. The number of aromatic nitrogens is 1. The molecule has 2 N–H and O–H groups in total. The van der Waals surface area contributed by atoms with Crippen LogP contribution in [0, 0.1) is 0 Å². The lowest BCUT2D eigenvalue weighted by Gasteiger charge is -2.09. The molecule has 0 spiro atoms. The lowest BCUT2D eigenvalue weighted by Crippen LogP contribution is -2.07. The van der Waals surface area contributed by atoms with Crippen LogP contribution in [0.25, 0.3) is 10.8 Å². The van der Waals surface area contributed by atoms with E-state index in [0.29, 0.717) is 5.02 Å². The van der Waals surface area contributed by atoms with E-state index in [1.54, 1.807) is 6.20 Å². The molecule has 2 rings (SSSR count). The molecule has 0 aliphatic rings. The Labute approximate surface area is 87.7 Å². The fraction of sp³-hybridized carbons (Fsp3) is 0.182. The Morgan fingerprint density at radius 1 is 1.36 bits per heavy atom. The summed E-state index contributed by atoms with van der Waals surface area (Å²) in [5.41, 5.74) is 6.68. The normalized spacial score (nSPS) is 13.1. The first kappa shape index (κ1) is 9.44. The molecular weight excluding hydrogens is 196 g/mol. The van der Waals surface area contributed by atoms with Gasteiger partial charge in [0.05, 0.1) is 10.7 Å². The number of rotatable bonds is 1. The standard InChI is InChI=1S/C11H11ClN2/c1-7(13)11-10-8(5-6-14-11)3-2-4-9(10)12/h2-7H,13H2,1H3. The lowest BCUT2D eigenvalue weighted by molar-refractivity contribution is 0.791. The van der Waals surface area contributed by atoms with E-state index in [4.69, 9.17) is 17.3 Å². The van der Waals surface area contributed by atoms with Crippen molar-refractivity contribution in [1.82, 2.24) is 4.98 Å². The van der Waals surface area contributed by atoms with Crippen LogP contribution in [0.5, 0.6) is 0 Å². The summed E-state index contributed by atoms with van der Waals surface area (Å²) >= 11 is 6.11. The third kappa shape index (κ3) is 1.47. The van der Waals surface area contributed by atoms with Crippen LogP contribution in [-0.4, -0.2) is 4.98 Å². The van der Waals surface area contributed by atoms with Crippen LogP contribution in [0.3, 0.4) is 0 Å². The van der Waals surface area contributed by atoms with Gasteiger partial charge in [0.2, 0.25) is 0 Å². The number of hydrogen-bond donors (Lipinski definition) is 1. The van der Waals surface area contributed by atoms with Crippen molar-refractivity contribution in [3.05, 3.63) is 41.2 Å². The van der Waals surface area contributed by atoms with E-state index in [1.807, 2.05) is 31.2 Å². The first-order chi connectivity index (χ1) is 6.70. The number of pyridine rings is 1. The highest BCUT2D eigenvalue weighted by molar-refractivity contribution is 6.35. The zero-order valence-electron chi connectivity index (χ0n) is 7.87. The number of benzene rings is 1. The Kier molecular flexibility index (Phi) is 2.40. The van der Waals surface area contributed by atoms with Crippen molar-refractivity contribution < 1.29 is 0 Å². The van der Waals surface area contributed by atoms with Crippen LogP contribution in [0.2, 0.25) is 5.02 Å². The molecule has 2 nitrogen and oxygen atoms in total. The van der Waals surface area contributed by atoms with Crippen molar-refractivity contribution in [2.24, 2.45) is 5.73 Å². The molecule has 1 atom stereocenters. The molecule has 0 amide bonds. The van der Waals surface area contributed by atoms with Crippen molar-refractivity contribution in [2.75, 3.05) is 0 Å². The van der Waals surface area contributed by atoms with Gasteiger partial charge in [-0.3, -0.25) is 4.98 Å². The summed E-state index contributed by atoms with van der Waals surface area (Å²) < 4.78 is 0. The Balaban J connectivity index is 2.84. The Morgan fingerprint density at radius 3 is 2.86 bits per heavy atom. The molecule has 0 saturated heterocycles. The number of fused-ring (bicyclic) bond motifs is 1. The molecule has 2 aromatic rings.